The molecule has 0 aromatic heterocycles. The van der Waals surface area contributed by atoms with E-state index in [-0.39, 0.29) is 42.7 Å². The molecule has 4 amide bonds. The van der Waals surface area contributed by atoms with Crippen molar-refractivity contribution in [3.63, 3.8) is 0 Å². The molecule has 1 saturated heterocycles. The van der Waals surface area contributed by atoms with Gasteiger partial charge in [0.15, 0.2) is 0 Å². The van der Waals surface area contributed by atoms with Crippen molar-refractivity contribution < 1.29 is 58.4 Å². The van der Waals surface area contributed by atoms with Gasteiger partial charge in [-0.25, -0.2) is 0 Å². The lowest BCUT2D eigenvalue weighted by Crippen LogP contribution is -2.43. The SMILES string of the molecule is CC.CCC(=O)NCCOCCOCC(=O)NCCCCC(NS)C(=O)O.O=C(O)CCCCCCCCCCCCCCCCCCC(=O)N1CCC(C(=O)NCC(=O)O)CC1. The topological polar surface area (TPSA) is 250 Å². The van der Waals surface area contributed by atoms with Crippen molar-refractivity contribution in [2.75, 3.05) is 59.2 Å². The molecule has 1 rings (SSSR count). The molecule has 0 aromatic carbocycles. The molecule has 18 heteroatoms. The smallest absolute Gasteiger partial charge is 0.322 e. The number of amides is 4. The lowest BCUT2D eigenvalue weighted by molar-refractivity contribution is -0.139. The van der Waals surface area contributed by atoms with Crippen LogP contribution in [0.5, 0.6) is 0 Å². The minimum atomic E-state index is -1.04. The lowest BCUT2D eigenvalue weighted by atomic mass is 9.95. The summed E-state index contributed by atoms with van der Waals surface area (Å²) in [6.45, 7) is 8.52. The molecular formula is C45H85N5O12S. The maximum Gasteiger partial charge on any atom is 0.322 e. The molecule has 0 aromatic rings. The number of hydrogen-bond acceptors (Lipinski definition) is 11. The van der Waals surface area contributed by atoms with Gasteiger partial charge in [-0.15, -0.1) is 0 Å². The summed E-state index contributed by atoms with van der Waals surface area (Å²) < 4.78 is 12.8. The van der Waals surface area contributed by atoms with E-state index in [0.29, 0.717) is 97.4 Å². The summed E-state index contributed by atoms with van der Waals surface area (Å²) in [5, 5.41) is 33.9. The van der Waals surface area contributed by atoms with Gasteiger partial charge < -0.3 is 45.6 Å². The normalized spacial score (nSPS) is 12.8. The van der Waals surface area contributed by atoms with Crippen molar-refractivity contribution in [3.05, 3.63) is 0 Å². The number of rotatable bonds is 38. The van der Waals surface area contributed by atoms with E-state index in [1.807, 2.05) is 18.7 Å². The molecule has 0 bridgehead atoms. The Morgan fingerprint density at radius 1 is 0.603 bits per heavy atom. The molecule has 7 N–H and O–H groups in total. The number of likely N-dealkylation sites (tertiary alicyclic amines) is 1. The van der Waals surface area contributed by atoms with Crippen molar-refractivity contribution in [3.8, 4) is 0 Å². The summed E-state index contributed by atoms with van der Waals surface area (Å²) in [6.07, 6.45) is 23.5. The quantitative estimate of drug-likeness (QED) is 0.0251. The molecule has 0 radical (unpaired) electrons. The zero-order valence-electron chi connectivity index (χ0n) is 38.9. The van der Waals surface area contributed by atoms with Crippen molar-refractivity contribution in [1.82, 2.24) is 25.6 Å². The predicted molar refractivity (Wildman–Crippen MR) is 247 cm³/mol. The third-order valence-electron chi connectivity index (χ3n) is 10.4. The minimum Gasteiger partial charge on any atom is -0.481 e. The third-order valence-corrected chi connectivity index (χ3v) is 10.7. The Kier molecular flexibility index (Phi) is 44.1. The number of piperidine rings is 1. The average Bonchev–Trinajstić information content (AvgIpc) is 3.27. The highest BCUT2D eigenvalue weighted by Gasteiger charge is 2.27. The molecular weight excluding hydrogens is 835 g/mol. The number of thiol groups is 1. The van der Waals surface area contributed by atoms with Crippen LogP contribution in [0.25, 0.3) is 0 Å². The van der Waals surface area contributed by atoms with Crippen molar-refractivity contribution in [2.45, 2.75) is 181 Å². The monoisotopic (exact) mass is 920 g/mol. The molecule has 368 valence electrons. The molecule has 0 saturated carbocycles. The van der Waals surface area contributed by atoms with E-state index in [1.165, 1.54) is 70.6 Å². The Morgan fingerprint density at radius 3 is 1.57 bits per heavy atom. The van der Waals surface area contributed by atoms with Gasteiger partial charge in [-0.1, -0.05) is 123 Å². The summed E-state index contributed by atoms with van der Waals surface area (Å²) in [5.74, 6) is -3.14. The fourth-order valence-electron chi connectivity index (χ4n) is 6.65. The number of aliphatic carboxylic acids is 3. The summed E-state index contributed by atoms with van der Waals surface area (Å²) in [7, 11) is 0. The first-order valence-electron chi connectivity index (χ1n) is 23.7. The number of nitrogens with one attached hydrogen (secondary N) is 4. The number of unbranched alkanes of at least 4 members (excludes halogenated alkanes) is 16. The summed E-state index contributed by atoms with van der Waals surface area (Å²) in [6, 6.07) is -0.683. The second-order valence-electron chi connectivity index (χ2n) is 15.6. The van der Waals surface area contributed by atoms with Crippen molar-refractivity contribution in [2.24, 2.45) is 5.92 Å². The minimum absolute atomic E-state index is 0.0168. The van der Waals surface area contributed by atoms with Crippen LogP contribution >= 0.6 is 12.8 Å². The van der Waals surface area contributed by atoms with Crippen LogP contribution in [-0.2, 0) is 43.0 Å². The highest BCUT2D eigenvalue weighted by Crippen LogP contribution is 2.19. The van der Waals surface area contributed by atoms with E-state index in [4.69, 9.17) is 24.8 Å². The molecule has 17 nitrogen and oxygen atoms in total. The van der Waals surface area contributed by atoms with E-state index in [0.717, 1.165) is 32.1 Å². The van der Waals surface area contributed by atoms with Gasteiger partial charge in [0.25, 0.3) is 0 Å². The molecule has 1 aliphatic rings. The second kappa shape index (κ2) is 45.1. The van der Waals surface area contributed by atoms with Crippen LogP contribution < -0.4 is 20.7 Å². The summed E-state index contributed by atoms with van der Waals surface area (Å²) in [5.41, 5.74) is 0. The zero-order chi connectivity index (χ0) is 47.4. The number of carbonyl (C=O) groups excluding carboxylic acids is 4. The number of nitrogens with zero attached hydrogens (tertiary/aromatic N) is 1. The Labute approximate surface area is 383 Å². The maximum absolute atomic E-state index is 12.4. The molecule has 1 unspecified atom stereocenters. The first-order chi connectivity index (χ1) is 30.4. The fraction of sp³-hybridized carbons (Fsp3) is 0.844. The standard InChI is InChI=1S/C28H50N2O6.C15H29N3O6S.C2H6/c31-25(30-21-19-24(20-22-30)28(36)29-23-27(34)35)17-15-13-11-9-7-5-3-1-2-4-6-8-10-12-14-16-18-26(32)33;1-2-13(19)17-7-8-23-9-10-24-11-14(20)16-6-4-3-5-12(18-25)15(21)22;1-2/h24H,1-23H2,(H,29,36)(H,32,33)(H,34,35);12,18,25H,2-11H2,1H3,(H,16,20)(H,17,19)(H,21,22);1-2H3. The van der Waals surface area contributed by atoms with Gasteiger partial charge in [-0.3, -0.25) is 38.3 Å². The number of ether oxygens (including phenoxy) is 2. The van der Waals surface area contributed by atoms with Gasteiger partial charge in [-0.05, 0) is 44.9 Å². The summed E-state index contributed by atoms with van der Waals surface area (Å²) >= 11 is 3.75. The zero-order valence-corrected chi connectivity index (χ0v) is 39.8. The highest BCUT2D eigenvalue weighted by molar-refractivity contribution is 7.78. The second-order valence-corrected chi connectivity index (χ2v) is 15.8. The van der Waals surface area contributed by atoms with Gasteiger partial charge in [0.05, 0.1) is 19.8 Å². The van der Waals surface area contributed by atoms with Crippen LogP contribution in [0.2, 0.25) is 0 Å². The first-order valence-corrected chi connectivity index (χ1v) is 24.2. The molecule has 1 heterocycles. The highest BCUT2D eigenvalue weighted by atomic mass is 32.1. The number of carboxylic acids is 3. The largest absolute Gasteiger partial charge is 0.481 e. The molecule has 1 atom stereocenters. The van der Waals surface area contributed by atoms with Crippen LogP contribution in [0.15, 0.2) is 0 Å². The van der Waals surface area contributed by atoms with Gasteiger partial charge in [0, 0.05) is 51.4 Å². The van der Waals surface area contributed by atoms with Crippen LogP contribution in [0.4, 0.5) is 0 Å². The van der Waals surface area contributed by atoms with Crippen LogP contribution in [0.3, 0.4) is 0 Å². The fourth-order valence-corrected chi connectivity index (χ4v) is 6.89. The van der Waals surface area contributed by atoms with Crippen LogP contribution in [-0.4, -0.2) is 127 Å². The number of hydrogen-bond donors (Lipinski definition) is 8. The average molecular weight is 920 g/mol. The van der Waals surface area contributed by atoms with E-state index in [1.54, 1.807) is 6.92 Å². The number of carbonyl (C=O) groups is 7. The van der Waals surface area contributed by atoms with Crippen LogP contribution in [0, 0.1) is 5.92 Å². The van der Waals surface area contributed by atoms with E-state index < -0.39 is 23.9 Å². The van der Waals surface area contributed by atoms with E-state index in [2.05, 4.69) is 33.5 Å². The van der Waals surface area contributed by atoms with E-state index >= 15 is 0 Å². The van der Waals surface area contributed by atoms with E-state index in [9.17, 15) is 33.6 Å². The molecule has 0 spiro atoms. The Balaban J connectivity index is 0. The van der Waals surface area contributed by atoms with Gasteiger partial charge in [0.1, 0.15) is 19.2 Å². The third kappa shape index (κ3) is 41.0. The van der Waals surface area contributed by atoms with Crippen LogP contribution in [0.1, 0.15) is 175 Å². The predicted octanol–water partition coefficient (Wildman–Crippen LogP) is 6.28. The molecule has 1 aliphatic heterocycles. The maximum atomic E-state index is 12.4. The Morgan fingerprint density at radius 2 is 1.10 bits per heavy atom. The first kappa shape index (κ1) is 61.6. The van der Waals surface area contributed by atoms with Gasteiger partial charge in [0.2, 0.25) is 23.6 Å². The lowest BCUT2D eigenvalue weighted by Gasteiger charge is -2.31. The molecule has 0 aliphatic carbocycles. The van der Waals surface area contributed by atoms with Crippen molar-refractivity contribution in [1.29, 1.82) is 0 Å². The number of carboxylic acid groups (broad SMARTS) is 3. The molecule has 63 heavy (non-hydrogen) atoms. The van der Waals surface area contributed by atoms with Gasteiger partial charge >= 0.3 is 17.9 Å². The van der Waals surface area contributed by atoms with Gasteiger partial charge in [-0.2, -0.15) is 0 Å². The molecule has 1 fully saturated rings. The summed E-state index contributed by atoms with van der Waals surface area (Å²) in [4.78, 5) is 80.4. The Bertz CT molecular complexity index is 1210. The Hall–Kier alpha value is -3.48. The van der Waals surface area contributed by atoms with Crippen molar-refractivity contribution >= 4 is 54.4 Å².